The highest BCUT2D eigenvalue weighted by atomic mass is 16.5. The van der Waals surface area contributed by atoms with Crippen LogP contribution >= 0.6 is 0 Å². The van der Waals surface area contributed by atoms with Crippen molar-refractivity contribution in [3.05, 3.63) is 42.1 Å². The minimum Gasteiger partial charge on any atom is -0.376 e. The Kier molecular flexibility index (Phi) is 3.49. The van der Waals surface area contributed by atoms with E-state index in [0.717, 1.165) is 25.2 Å². The number of hydrogen-bond donors (Lipinski definition) is 0. The highest BCUT2D eigenvalue weighted by Crippen LogP contribution is 2.20. The predicted octanol–water partition coefficient (Wildman–Crippen LogP) is 2.84. The molecule has 0 radical (unpaired) electrons. The molecule has 100 valence electrons. The van der Waals surface area contributed by atoms with Gasteiger partial charge in [-0.05, 0) is 25.5 Å². The van der Waals surface area contributed by atoms with Gasteiger partial charge in [-0.3, -0.25) is 9.88 Å². The quantitative estimate of drug-likeness (QED) is 0.826. The number of morpholine rings is 1. The predicted molar refractivity (Wildman–Crippen MR) is 77.0 cm³/mol. The van der Waals surface area contributed by atoms with Crippen molar-refractivity contribution in [1.29, 1.82) is 0 Å². The third-order valence-corrected chi connectivity index (χ3v) is 3.83. The molecule has 1 saturated heterocycles. The first-order valence-electron chi connectivity index (χ1n) is 6.92. The van der Waals surface area contributed by atoms with Crippen molar-refractivity contribution in [3.63, 3.8) is 0 Å². The molecule has 0 saturated carbocycles. The maximum atomic E-state index is 5.69. The van der Waals surface area contributed by atoms with Crippen LogP contribution in [0.15, 0.2) is 36.5 Å². The molecule has 1 aliphatic heterocycles. The molecular weight excluding hydrogens is 236 g/mol. The maximum Gasteiger partial charge on any atom is 0.0746 e. The van der Waals surface area contributed by atoms with E-state index >= 15 is 0 Å². The number of aromatic nitrogens is 1. The lowest BCUT2D eigenvalue weighted by Gasteiger charge is -2.36. The van der Waals surface area contributed by atoms with Crippen molar-refractivity contribution in [2.75, 3.05) is 13.2 Å². The van der Waals surface area contributed by atoms with Gasteiger partial charge in [-0.15, -0.1) is 0 Å². The molecule has 1 aliphatic rings. The van der Waals surface area contributed by atoms with Crippen molar-refractivity contribution in [2.45, 2.75) is 32.5 Å². The molecule has 1 aromatic carbocycles. The number of benzene rings is 1. The van der Waals surface area contributed by atoms with Crippen LogP contribution in [0.25, 0.3) is 10.9 Å². The fourth-order valence-corrected chi connectivity index (χ4v) is 2.71. The van der Waals surface area contributed by atoms with E-state index in [1.165, 1.54) is 10.9 Å². The fourth-order valence-electron chi connectivity index (χ4n) is 2.71. The van der Waals surface area contributed by atoms with Gasteiger partial charge in [0.25, 0.3) is 0 Å². The fraction of sp³-hybridized carbons (Fsp3) is 0.438. The summed E-state index contributed by atoms with van der Waals surface area (Å²) in [5, 5.41) is 1.22. The largest absolute Gasteiger partial charge is 0.376 e. The molecule has 3 heteroatoms. The normalized spacial score (nSPS) is 24.7. The van der Waals surface area contributed by atoms with E-state index in [9.17, 15) is 0 Å². The summed E-state index contributed by atoms with van der Waals surface area (Å²) in [6.07, 6.45) is 2.19. The van der Waals surface area contributed by atoms with Gasteiger partial charge in [0, 0.05) is 30.7 Å². The molecule has 0 N–H and O–H groups in total. The van der Waals surface area contributed by atoms with E-state index in [-0.39, 0.29) is 0 Å². The van der Waals surface area contributed by atoms with Crippen LogP contribution in [0.5, 0.6) is 0 Å². The third kappa shape index (κ3) is 2.62. The molecule has 1 fully saturated rings. The monoisotopic (exact) mass is 256 g/mol. The lowest BCUT2D eigenvalue weighted by Crippen LogP contribution is -2.46. The highest BCUT2D eigenvalue weighted by molar-refractivity contribution is 5.81. The van der Waals surface area contributed by atoms with Crippen LogP contribution in [0.1, 0.15) is 19.4 Å². The number of ether oxygens (including phenoxy) is 1. The number of nitrogens with zero attached hydrogens (tertiary/aromatic N) is 2. The Bertz CT molecular complexity index is 564. The Balaban J connectivity index is 1.88. The van der Waals surface area contributed by atoms with Crippen LogP contribution in [0, 0.1) is 0 Å². The molecule has 1 aromatic heterocycles. The topological polar surface area (TPSA) is 25.4 Å². The van der Waals surface area contributed by atoms with E-state index in [1.807, 2.05) is 12.3 Å². The Morgan fingerprint density at radius 1 is 1.26 bits per heavy atom. The first kappa shape index (κ1) is 12.6. The van der Waals surface area contributed by atoms with Gasteiger partial charge in [0.05, 0.1) is 18.2 Å². The molecule has 0 spiro atoms. The average molecular weight is 256 g/mol. The molecule has 0 aliphatic carbocycles. The summed E-state index contributed by atoms with van der Waals surface area (Å²) < 4.78 is 5.69. The number of rotatable bonds is 2. The van der Waals surface area contributed by atoms with Crippen molar-refractivity contribution in [2.24, 2.45) is 0 Å². The molecule has 2 aromatic rings. The Morgan fingerprint density at radius 3 is 3.00 bits per heavy atom. The van der Waals surface area contributed by atoms with Gasteiger partial charge >= 0.3 is 0 Å². The molecule has 0 amide bonds. The molecule has 2 heterocycles. The van der Waals surface area contributed by atoms with Gasteiger partial charge in [-0.2, -0.15) is 0 Å². The SMILES string of the molecule is C[C@@H]1CN(Cc2cccc3cccnc23)[C@H](C)CO1. The van der Waals surface area contributed by atoms with Gasteiger partial charge in [-0.1, -0.05) is 24.3 Å². The summed E-state index contributed by atoms with van der Waals surface area (Å²) in [5.41, 5.74) is 2.43. The highest BCUT2D eigenvalue weighted by Gasteiger charge is 2.23. The van der Waals surface area contributed by atoms with Crippen molar-refractivity contribution in [3.8, 4) is 0 Å². The number of pyridine rings is 1. The molecular formula is C16H20N2O. The summed E-state index contributed by atoms with van der Waals surface area (Å²) in [7, 11) is 0. The second-order valence-electron chi connectivity index (χ2n) is 5.41. The molecule has 2 atom stereocenters. The number of fused-ring (bicyclic) bond motifs is 1. The summed E-state index contributed by atoms with van der Waals surface area (Å²) in [6, 6.07) is 11.0. The number of para-hydroxylation sites is 1. The van der Waals surface area contributed by atoms with Gasteiger partial charge in [0.2, 0.25) is 0 Å². The summed E-state index contributed by atoms with van der Waals surface area (Å²) in [4.78, 5) is 7.02. The lowest BCUT2D eigenvalue weighted by atomic mass is 10.1. The van der Waals surface area contributed by atoms with Gasteiger partial charge in [0.15, 0.2) is 0 Å². The van der Waals surface area contributed by atoms with E-state index in [2.05, 4.69) is 48.0 Å². The van der Waals surface area contributed by atoms with Crippen molar-refractivity contribution >= 4 is 10.9 Å². The van der Waals surface area contributed by atoms with Gasteiger partial charge in [0.1, 0.15) is 0 Å². The minimum absolute atomic E-state index is 0.319. The minimum atomic E-state index is 0.319. The smallest absolute Gasteiger partial charge is 0.0746 e. The summed E-state index contributed by atoms with van der Waals surface area (Å²) in [6.45, 7) is 7.12. The first-order valence-corrected chi connectivity index (χ1v) is 6.92. The zero-order chi connectivity index (χ0) is 13.2. The molecule has 0 unspecified atom stereocenters. The lowest BCUT2D eigenvalue weighted by molar-refractivity contribution is -0.0525. The molecule has 19 heavy (non-hydrogen) atoms. The van der Waals surface area contributed by atoms with Crippen LogP contribution in [-0.2, 0) is 11.3 Å². The molecule has 3 rings (SSSR count). The van der Waals surface area contributed by atoms with Crippen LogP contribution in [-0.4, -0.2) is 35.2 Å². The van der Waals surface area contributed by atoms with E-state index in [1.54, 1.807) is 0 Å². The molecule has 3 nitrogen and oxygen atoms in total. The first-order chi connectivity index (χ1) is 9.24. The zero-order valence-corrected chi connectivity index (χ0v) is 11.5. The van der Waals surface area contributed by atoms with E-state index in [4.69, 9.17) is 4.74 Å². The van der Waals surface area contributed by atoms with E-state index in [0.29, 0.717) is 12.1 Å². The second-order valence-corrected chi connectivity index (χ2v) is 5.41. The van der Waals surface area contributed by atoms with Crippen molar-refractivity contribution in [1.82, 2.24) is 9.88 Å². The number of hydrogen-bond acceptors (Lipinski definition) is 3. The van der Waals surface area contributed by atoms with Crippen molar-refractivity contribution < 1.29 is 4.74 Å². The standard InChI is InChI=1S/C16H20N2O/c1-12-11-19-13(2)9-18(12)10-15-6-3-5-14-7-4-8-17-16(14)15/h3-8,12-13H,9-11H2,1-2H3/t12-,13-/m1/s1. The Hall–Kier alpha value is -1.45. The summed E-state index contributed by atoms with van der Waals surface area (Å²) >= 11 is 0. The Morgan fingerprint density at radius 2 is 2.11 bits per heavy atom. The summed E-state index contributed by atoms with van der Waals surface area (Å²) in [5.74, 6) is 0. The Labute approximate surface area is 114 Å². The van der Waals surface area contributed by atoms with Gasteiger partial charge < -0.3 is 4.74 Å². The van der Waals surface area contributed by atoms with Crippen LogP contribution in [0.2, 0.25) is 0 Å². The van der Waals surface area contributed by atoms with Crippen LogP contribution in [0.4, 0.5) is 0 Å². The van der Waals surface area contributed by atoms with E-state index < -0.39 is 0 Å². The second kappa shape index (κ2) is 5.27. The van der Waals surface area contributed by atoms with Crippen LogP contribution in [0.3, 0.4) is 0 Å². The zero-order valence-electron chi connectivity index (χ0n) is 11.5. The molecule has 0 bridgehead atoms. The maximum absolute atomic E-state index is 5.69. The van der Waals surface area contributed by atoms with Gasteiger partial charge in [-0.25, -0.2) is 0 Å². The van der Waals surface area contributed by atoms with Crippen LogP contribution < -0.4 is 0 Å². The average Bonchev–Trinajstić information content (AvgIpc) is 2.43. The third-order valence-electron chi connectivity index (χ3n) is 3.83.